The second kappa shape index (κ2) is 5.49. The van der Waals surface area contributed by atoms with Gasteiger partial charge in [-0.05, 0) is 12.8 Å². The molecule has 114 valence electrons. The summed E-state index contributed by atoms with van der Waals surface area (Å²) in [7, 11) is -6.21. The first-order valence-electron chi connectivity index (χ1n) is 5.53. The van der Waals surface area contributed by atoms with Gasteiger partial charge in [0.2, 0.25) is 6.10 Å². The van der Waals surface area contributed by atoms with Crippen molar-refractivity contribution in [2.45, 2.75) is 55.7 Å². The minimum absolute atomic E-state index is 0.147. The van der Waals surface area contributed by atoms with Crippen molar-refractivity contribution in [2.24, 2.45) is 0 Å². The summed E-state index contributed by atoms with van der Waals surface area (Å²) in [4.78, 5) is 0. The molecule has 1 N–H and O–H groups in total. The Morgan fingerprint density at radius 1 is 1.05 bits per heavy atom. The second-order valence-electron chi connectivity index (χ2n) is 4.35. The molecule has 1 rings (SSSR count). The number of alkyl halides is 5. The molecular weight excluding hydrogens is 299 g/mol. The van der Waals surface area contributed by atoms with E-state index < -0.39 is 33.8 Å². The Bertz CT molecular complexity index is 399. The van der Waals surface area contributed by atoms with Gasteiger partial charge in [0.05, 0.1) is 6.10 Å². The minimum Gasteiger partial charge on any atom is -0.359 e. The lowest BCUT2D eigenvalue weighted by molar-refractivity contribution is -0.278. The average molecular weight is 312 g/mol. The highest BCUT2D eigenvalue weighted by molar-refractivity contribution is 7.86. The van der Waals surface area contributed by atoms with Crippen molar-refractivity contribution in [1.82, 2.24) is 0 Å². The lowest BCUT2D eigenvalue weighted by Gasteiger charge is -2.31. The highest BCUT2D eigenvalue weighted by Crippen LogP contribution is 2.39. The van der Waals surface area contributed by atoms with Crippen molar-refractivity contribution in [3.8, 4) is 0 Å². The molecule has 1 unspecified atom stereocenters. The zero-order valence-electron chi connectivity index (χ0n) is 9.66. The molecule has 10 heteroatoms. The van der Waals surface area contributed by atoms with E-state index in [4.69, 9.17) is 4.55 Å². The summed E-state index contributed by atoms with van der Waals surface area (Å²) >= 11 is 0. The van der Waals surface area contributed by atoms with Crippen LogP contribution in [-0.4, -0.2) is 36.6 Å². The molecule has 1 aliphatic carbocycles. The standard InChI is InChI=1S/C9H13F5O4S/c10-8(11,12)7(9(13,14)19(15,16)17)18-6-4-2-1-3-5-6/h6-7H,1-5H2,(H,15,16,17). The molecule has 0 aromatic carbocycles. The van der Waals surface area contributed by atoms with Crippen molar-refractivity contribution < 1.29 is 39.7 Å². The lowest BCUT2D eigenvalue weighted by Crippen LogP contribution is -2.52. The topological polar surface area (TPSA) is 63.6 Å². The molecule has 1 aliphatic rings. The van der Waals surface area contributed by atoms with Crippen molar-refractivity contribution in [1.29, 1.82) is 0 Å². The monoisotopic (exact) mass is 312 g/mol. The van der Waals surface area contributed by atoms with E-state index in [-0.39, 0.29) is 12.8 Å². The molecule has 0 saturated heterocycles. The first-order chi connectivity index (χ1) is 8.46. The van der Waals surface area contributed by atoms with E-state index in [2.05, 4.69) is 4.74 Å². The number of rotatable bonds is 4. The Hall–Kier alpha value is -0.480. The molecule has 0 aromatic rings. The second-order valence-corrected chi connectivity index (χ2v) is 5.85. The molecule has 0 amide bonds. The van der Waals surface area contributed by atoms with Gasteiger partial charge in [-0.1, -0.05) is 19.3 Å². The van der Waals surface area contributed by atoms with Crippen LogP contribution in [-0.2, 0) is 14.9 Å². The fourth-order valence-electron chi connectivity index (χ4n) is 1.88. The third kappa shape index (κ3) is 3.99. The van der Waals surface area contributed by atoms with Crippen LogP contribution in [0.5, 0.6) is 0 Å². The predicted octanol–water partition coefficient (Wildman–Crippen LogP) is 2.75. The SMILES string of the molecule is O=S(=O)(O)C(F)(F)C(OC1CCCCC1)C(F)(F)F. The maximum Gasteiger partial charge on any atom is 0.421 e. The van der Waals surface area contributed by atoms with Crippen molar-refractivity contribution >= 4 is 10.1 Å². The van der Waals surface area contributed by atoms with Gasteiger partial charge < -0.3 is 4.74 Å². The molecule has 1 saturated carbocycles. The van der Waals surface area contributed by atoms with E-state index in [1.54, 1.807) is 0 Å². The molecule has 1 atom stereocenters. The van der Waals surface area contributed by atoms with Crippen LogP contribution in [0.1, 0.15) is 32.1 Å². The largest absolute Gasteiger partial charge is 0.421 e. The zero-order valence-corrected chi connectivity index (χ0v) is 10.5. The average Bonchev–Trinajstić information content (AvgIpc) is 2.24. The predicted molar refractivity (Wildman–Crippen MR) is 54.3 cm³/mol. The van der Waals surface area contributed by atoms with Crippen LogP contribution in [0.2, 0.25) is 0 Å². The molecule has 1 fully saturated rings. The van der Waals surface area contributed by atoms with E-state index in [0.717, 1.165) is 6.42 Å². The number of hydrogen-bond acceptors (Lipinski definition) is 3. The fraction of sp³-hybridized carbons (Fsp3) is 1.00. The Morgan fingerprint density at radius 3 is 1.89 bits per heavy atom. The quantitative estimate of drug-likeness (QED) is 0.640. The fourth-order valence-corrected chi connectivity index (χ4v) is 2.34. The molecule has 0 aliphatic heterocycles. The van der Waals surface area contributed by atoms with Crippen molar-refractivity contribution in [3.63, 3.8) is 0 Å². The Labute approximate surface area is 106 Å². The highest BCUT2D eigenvalue weighted by atomic mass is 32.2. The van der Waals surface area contributed by atoms with Gasteiger partial charge in [-0.25, -0.2) is 0 Å². The third-order valence-electron chi connectivity index (χ3n) is 2.83. The summed E-state index contributed by atoms with van der Waals surface area (Å²) in [5.74, 6) is 0. The van der Waals surface area contributed by atoms with Crippen molar-refractivity contribution in [3.05, 3.63) is 0 Å². The minimum atomic E-state index is -6.21. The summed E-state index contributed by atoms with van der Waals surface area (Å²) in [6.07, 6.45) is -8.46. The number of hydrogen-bond donors (Lipinski definition) is 1. The van der Waals surface area contributed by atoms with Crippen LogP contribution in [0.4, 0.5) is 22.0 Å². The van der Waals surface area contributed by atoms with E-state index in [9.17, 15) is 30.4 Å². The summed E-state index contributed by atoms with van der Waals surface area (Å²) in [6.45, 7) is 0. The Morgan fingerprint density at radius 2 is 1.53 bits per heavy atom. The molecule has 19 heavy (non-hydrogen) atoms. The lowest BCUT2D eigenvalue weighted by atomic mass is 9.97. The zero-order chi connectivity index (χ0) is 14.9. The van der Waals surface area contributed by atoms with Crippen LogP contribution in [0, 0.1) is 0 Å². The van der Waals surface area contributed by atoms with Crippen LogP contribution >= 0.6 is 0 Å². The normalized spacial score (nSPS) is 21.4. The first-order valence-corrected chi connectivity index (χ1v) is 6.97. The van der Waals surface area contributed by atoms with Crippen LogP contribution < -0.4 is 0 Å². The Balaban J connectivity index is 2.96. The van der Waals surface area contributed by atoms with Gasteiger partial charge in [0.25, 0.3) is 0 Å². The van der Waals surface area contributed by atoms with Crippen LogP contribution in [0.3, 0.4) is 0 Å². The van der Waals surface area contributed by atoms with Gasteiger partial charge in [-0.2, -0.15) is 30.4 Å². The molecular formula is C9H13F5O4S. The number of ether oxygens (including phenoxy) is 1. The molecule has 4 nitrogen and oxygen atoms in total. The van der Waals surface area contributed by atoms with E-state index >= 15 is 0 Å². The summed E-state index contributed by atoms with van der Waals surface area (Å²) < 4.78 is 97.2. The maximum absolute atomic E-state index is 13.2. The first kappa shape index (κ1) is 16.6. The van der Waals surface area contributed by atoms with E-state index in [0.29, 0.717) is 12.8 Å². The van der Waals surface area contributed by atoms with Crippen molar-refractivity contribution in [2.75, 3.05) is 0 Å². The smallest absolute Gasteiger partial charge is 0.359 e. The highest BCUT2D eigenvalue weighted by Gasteiger charge is 2.64. The third-order valence-corrected chi connectivity index (χ3v) is 3.73. The number of halogens is 5. The molecule has 0 spiro atoms. The van der Waals surface area contributed by atoms with Gasteiger partial charge in [0.15, 0.2) is 0 Å². The Kier molecular flexibility index (Phi) is 4.79. The summed E-state index contributed by atoms with van der Waals surface area (Å²) in [5.41, 5.74) is 0. The molecule has 0 radical (unpaired) electrons. The maximum atomic E-state index is 13.2. The molecule has 0 bridgehead atoms. The van der Waals surface area contributed by atoms with Gasteiger partial charge >= 0.3 is 21.5 Å². The molecule has 0 heterocycles. The summed E-state index contributed by atoms with van der Waals surface area (Å²) in [6, 6.07) is 0. The van der Waals surface area contributed by atoms with Gasteiger partial charge in [0, 0.05) is 0 Å². The molecule has 0 aromatic heterocycles. The van der Waals surface area contributed by atoms with E-state index in [1.807, 2.05) is 0 Å². The van der Waals surface area contributed by atoms with Crippen LogP contribution in [0.25, 0.3) is 0 Å². The summed E-state index contributed by atoms with van der Waals surface area (Å²) in [5, 5.41) is -5.43. The van der Waals surface area contributed by atoms with Gasteiger partial charge in [-0.15, -0.1) is 0 Å². The van der Waals surface area contributed by atoms with E-state index in [1.165, 1.54) is 0 Å². The van der Waals surface area contributed by atoms with Gasteiger partial charge in [-0.3, -0.25) is 4.55 Å². The van der Waals surface area contributed by atoms with Gasteiger partial charge in [0.1, 0.15) is 0 Å². The van der Waals surface area contributed by atoms with Crippen LogP contribution in [0.15, 0.2) is 0 Å².